The molecule has 0 aliphatic heterocycles. The number of phenolic OH excluding ortho intramolecular Hbond substituents is 1. The van der Waals surface area contributed by atoms with Gasteiger partial charge in [-0.05, 0) is 34.5 Å². The molecule has 0 fully saturated rings. The molecule has 3 aromatic rings. The minimum absolute atomic E-state index is 0.0326. The molecular weight excluding hydrogens is 344 g/mol. The number of nitro groups is 1. The van der Waals surface area contributed by atoms with Crippen molar-refractivity contribution in [3.8, 4) is 5.75 Å². The summed E-state index contributed by atoms with van der Waals surface area (Å²) >= 11 is 0. The minimum atomic E-state index is -0.633. The van der Waals surface area contributed by atoms with Crippen molar-refractivity contribution in [2.24, 2.45) is 5.92 Å². The van der Waals surface area contributed by atoms with Crippen LogP contribution >= 0.6 is 0 Å². The highest BCUT2D eigenvalue weighted by molar-refractivity contribution is 5.89. The molecule has 0 aliphatic rings. The normalized spacial score (nSPS) is 12.1. The van der Waals surface area contributed by atoms with E-state index >= 15 is 0 Å². The van der Waals surface area contributed by atoms with Gasteiger partial charge in [0.15, 0.2) is 0 Å². The molecule has 138 valence electrons. The lowest BCUT2D eigenvalue weighted by Gasteiger charge is -2.23. The van der Waals surface area contributed by atoms with Crippen LogP contribution in [-0.4, -0.2) is 15.9 Å². The number of nitrogens with one attached hydrogen (secondary N) is 1. The largest absolute Gasteiger partial charge is 0.508 e. The number of carbonyl (C=O) groups is 1. The molecule has 0 saturated heterocycles. The van der Waals surface area contributed by atoms with E-state index in [1.54, 1.807) is 32.0 Å². The van der Waals surface area contributed by atoms with Gasteiger partial charge in [-0.15, -0.1) is 0 Å². The molecule has 0 aliphatic carbocycles. The van der Waals surface area contributed by atoms with Gasteiger partial charge in [0.2, 0.25) is 5.91 Å². The molecule has 6 heteroatoms. The number of carbonyl (C=O) groups excluding carboxylic acids is 1. The summed E-state index contributed by atoms with van der Waals surface area (Å²) in [4.78, 5) is 22.9. The van der Waals surface area contributed by atoms with Crippen LogP contribution in [0.2, 0.25) is 0 Å². The number of aromatic hydroxyl groups is 1. The van der Waals surface area contributed by atoms with Crippen LogP contribution in [0.15, 0.2) is 60.7 Å². The Morgan fingerprint density at radius 3 is 2.33 bits per heavy atom. The number of benzene rings is 3. The summed E-state index contributed by atoms with van der Waals surface area (Å²) in [7, 11) is 0. The maximum atomic E-state index is 12.4. The highest BCUT2D eigenvalue weighted by Crippen LogP contribution is 2.36. The fraction of sp³-hybridized carbons (Fsp3) is 0.190. The molecule has 0 saturated carbocycles. The van der Waals surface area contributed by atoms with Crippen LogP contribution in [0.25, 0.3) is 10.8 Å². The van der Waals surface area contributed by atoms with E-state index < -0.39 is 11.0 Å². The number of nitrogens with zero attached hydrogens (tertiary/aromatic N) is 1. The van der Waals surface area contributed by atoms with Crippen molar-refractivity contribution >= 4 is 22.4 Å². The summed E-state index contributed by atoms with van der Waals surface area (Å²) in [6.07, 6.45) is 0. The van der Waals surface area contributed by atoms with Crippen LogP contribution < -0.4 is 5.32 Å². The molecule has 0 spiro atoms. The lowest BCUT2D eigenvalue weighted by molar-refractivity contribution is -0.384. The zero-order chi connectivity index (χ0) is 19.6. The monoisotopic (exact) mass is 364 g/mol. The third kappa shape index (κ3) is 3.74. The fourth-order valence-electron chi connectivity index (χ4n) is 3.01. The van der Waals surface area contributed by atoms with E-state index in [1.807, 2.05) is 30.3 Å². The van der Waals surface area contributed by atoms with Crippen LogP contribution in [0.3, 0.4) is 0 Å². The molecule has 3 aromatic carbocycles. The number of nitro benzene ring substituents is 1. The van der Waals surface area contributed by atoms with Gasteiger partial charge in [0.25, 0.3) is 5.69 Å². The maximum Gasteiger partial charge on any atom is 0.269 e. The Morgan fingerprint density at radius 1 is 1.04 bits per heavy atom. The lowest BCUT2D eigenvalue weighted by atomic mass is 9.92. The zero-order valence-corrected chi connectivity index (χ0v) is 15.0. The molecule has 0 radical (unpaired) electrons. The first-order chi connectivity index (χ1) is 12.9. The average Bonchev–Trinajstić information content (AvgIpc) is 2.66. The molecule has 0 aromatic heterocycles. The summed E-state index contributed by atoms with van der Waals surface area (Å²) in [5.41, 5.74) is 1.19. The number of non-ortho nitro benzene ring substituents is 1. The third-order valence-electron chi connectivity index (χ3n) is 4.48. The molecule has 6 nitrogen and oxygen atoms in total. The summed E-state index contributed by atoms with van der Waals surface area (Å²) in [5.74, 6) is -0.366. The molecule has 27 heavy (non-hydrogen) atoms. The predicted octanol–water partition coefficient (Wildman–Crippen LogP) is 4.32. The van der Waals surface area contributed by atoms with Crippen molar-refractivity contribution in [1.29, 1.82) is 0 Å². The molecule has 3 rings (SSSR count). The minimum Gasteiger partial charge on any atom is -0.508 e. The highest BCUT2D eigenvalue weighted by Gasteiger charge is 2.24. The van der Waals surface area contributed by atoms with Crippen molar-refractivity contribution in [3.63, 3.8) is 0 Å². The topological polar surface area (TPSA) is 92.5 Å². The van der Waals surface area contributed by atoms with E-state index in [0.29, 0.717) is 11.1 Å². The van der Waals surface area contributed by atoms with Gasteiger partial charge in [0.1, 0.15) is 5.75 Å². The third-order valence-corrected chi connectivity index (χ3v) is 4.48. The van der Waals surface area contributed by atoms with E-state index in [9.17, 15) is 20.0 Å². The summed E-state index contributed by atoms with van der Waals surface area (Å²) in [5, 5.41) is 26.2. The Kier molecular flexibility index (Phi) is 5.07. The molecule has 1 amide bonds. The van der Waals surface area contributed by atoms with Gasteiger partial charge < -0.3 is 10.4 Å². The summed E-state index contributed by atoms with van der Waals surface area (Å²) in [6, 6.07) is 16.3. The molecule has 0 heterocycles. The lowest BCUT2D eigenvalue weighted by Crippen LogP contribution is -2.32. The molecule has 2 N–H and O–H groups in total. The Hall–Kier alpha value is -3.41. The number of hydrogen-bond donors (Lipinski definition) is 2. The number of phenols is 1. The second-order valence-corrected chi connectivity index (χ2v) is 6.66. The van der Waals surface area contributed by atoms with E-state index in [-0.39, 0.29) is 23.3 Å². The first-order valence-corrected chi connectivity index (χ1v) is 8.64. The Bertz CT molecular complexity index is 997. The van der Waals surface area contributed by atoms with Gasteiger partial charge in [-0.25, -0.2) is 0 Å². The first kappa shape index (κ1) is 18.4. The van der Waals surface area contributed by atoms with E-state index in [1.165, 1.54) is 12.1 Å². The van der Waals surface area contributed by atoms with Gasteiger partial charge in [-0.2, -0.15) is 0 Å². The smallest absolute Gasteiger partial charge is 0.269 e. The molecular formula is C21H20N2O4. The second-order valence-electron chi connectivity index (χ2n) is 6.66. The van der Waals surface area contributed by atoms with E-state index in [2.05, 4.69) is 5.32 Å². The number of fused-ring (bicyclic) bond motifs is 1. The van der Waals surface area contributed by atoms with Crippen LogP contribution in [0.5, 0.6) is 5.75 Å². The van der Waals surface area contributed by atoms with Crippen molar-refractivity contribution < 1.29 is 14.8 Å². The Balaban J connectivity index is 2.17. The SMILES string of the molecule is CC(C)C(=O)N[C@@H](c1ccc([N+](=O)[O-])cc1)c1c(O)ccc2ccccc12. The van der Waals surface area contributed by atoms with Crippen LogP contribution in [0.1, 0.15) is 31.0 Å². The Labute approximate surface area is 156 Å². The number of amides is 1. The van der Waals surface area contributed by atoms with Crippen molar-refractivity contribution in [2.75, 3.05) is 0 Å². The molecule has 1 atom stereocenters. The maximum absolute atomic E-state index is 12.4. The highest BCUT2D eigenvalue weighted by atomic mass is 16.6. The van der Waals surface area contributed by atoms with Crippen LogP contribution in [-0.2, 0) is 4.79 Å². The van der Waals surface area contributed by atoms with Crippen molar-refractivity contribution in [2.45, 2.75) is 19.9 Å². The Morgan fingerprint density at radius 2 is 1.70 bits per heavy atom. The van der Waals surface area contributed by atoms with Gasteiger partial charge >= 0.3 is 0 Å². The quantitative estimate of drug-likeness (QED) is 0.521. The van der Waals surface area contributed by atoms with Crippen molar-refractivity contribution in [3.05, 3.63) is 81.9 Å². The fourth-order valence-corrected chi connectivity index (χ4v) is 3.01. The summed E-state index contributed by atoms with van der Waals surface area (Å²) in [6.45, 7) is 3.57. The van der Waals surface area contributed by atoms with E-state index in [4.69, 9.17) is 0 Å². The summed E-state index contributed by atoms with van der Waals surface area (Å²) < 4.78 is 0. The molecule has 0 unspecified atom stereocenters. The molecule has 0 bridgehead atoms. The zero-order valence-electron chi connectivity index (χ0n) is 15.0. The number of hydrogen-bond acceptors (Lipinski definition) is 4. The van der Waals surface area contributed by atoms with Crippen molar-refractivity contribution in [1.82, 2.24) is 5.32 Å². The first-order valence-electron chi connectivity index (χ1n) is 8.64. The van der Waals surface area contributed by atoms with Gasteiger partial charge in [-0.1, -0.05) is 44.2 Å². The second kappa shape index (κ2) is 7.45. The van der Waals surface area contributed by atoms with Crippen LogP contribution in [0.4, 0.5) is 5.69 Å². The average molecular weight is 364 g/mol. The van der Waals surface area contributed by atoms with E-state index in [0.717, 1.165) is 10.8 Å². The van der Waals surface area contributed by atoms with Gasteiger partial charge in [0, 0.05) is 23.6 Å². The number of rotatable bonds is 5. The predicted molar refractivity (Wildman–Crippen MR) is 104 cm³/mol. The van der Waals surface area contributed by atoms with Gasteiger partial charge in [-0.3, -0.25) is 14.9 Å². The standard InChI is InChI=1S/C21H20N2O4/c1-13(2)21(25)22-20(15-7-10-16(11-8-15)23(26)27)19-17-6-4-3-5-14(17)9-12-18(19)24/h3-13,20,24H,1-2H3,(H,22,25)/t20-/m0/s1. The van der Waals surface area contributed by atoms with Crippen LogP contribution in [0, 0.1) is 16.0 Å². The van der Waals surface area contributed by atoms with Gasteiger partial charge in [0.05, 0.1) is 11.0 Å².